The Labute approximate surface area is 316 Å². The molecule has 0 radical (unpaired) electrons. The van der Waals surface area contributed by atoms with E-state index < -0.39 is 0 Å². The number of rotatable bonds is 4. The van der Waals surface area contributed by atoms with Gasteiger partial charge in [0.25, 0.3) is 0 Å². The molecule has 0 atom stereocenters. The third-order valence-corrected chi connectivity index (χ3v) is 11.1. The van der Waals surface area contributed by atoms with Gasteiger partial charge in [-0.2, -0.15) is 0 Å². The van der Waals surface area contributed by atoms with Gasteiger partial charge in [-0.15, -0.1) is 0 Å². The Morgan fingerprint density at radius 3 is 1.44 bits per heavy atom. The average Bonchev–Trinajstić information content (AvgIpc) is 3.88. The minimum absolute atomic E-state index is 0.564. The van der Waals surface area contributed by atoms with E-state index in [9.17, 15) is 0 Å². The molecule has 55 heavy (non-hydrogen) atoms. The van der Waals surface area contributed by atoms with Crippen LogP contribution in [0.1, 0.15) is 0 Å². The lowest BCUT2D eigenvalue weighted by molar-refractivity contribution is 1.16. The van der Waals surface area contributed by atoms with Gasteiger partial charge in [0.15, 0.2) is 5.69 Å². The predicted molar refractivity (Wildman–Crippen MR) is 227 cm³/mol. The Morgan fingerprint density at radius 1 is 0.327 bits per heavy atom. The van der Waals surface area contributed by atoms with E-state index in [2.05, 4.69) is 163 Å². The molecule has 0 fully saturated rings. The molecule has 11 aromatic rings. The van der Waals surface area contributed by atoms with Crippen LogP contribution in [0.4, 0.5) is 11.4 Å². The van der Waals surface area contributed by atoms with Gasteiger partial charge in [-0.1, -0.05) is 97.1 Å². The third kappa shape index (κ3) is 4.51. The molecule has 0 aliphatic rings. The van der Waals surface area contributed by atoms with Crippen molar-refractivity contribution >= 4 is 76.8 Å². The van der Waals surface area contributed by atoms with Crippen molar-refractivity contribution in [2.24, 2.45) is 0 Å². The number of fused-ring (bicyclic) bond motifs is 9. The predicted octanol–water partition coefficient (Wildman–Crippen LogP) is 13.7. The van der Waals surface area contributed by atoms with Crippen LogP contribution in [0.3, 0.4) is 0 Å². The lowest BCUT2D eigenvalue weighted by Gasteiger charge is -2.14. The molecular weight excluding hydrogens is 671 g/mol. The highest BCUT2D eigenvalue weighted by atomic mass is 15.0. The van der Waals surface area contributed by atoms with Crippen LogP contribution in [0.15, 0.2) is 176 Å². The zero-order valence-corrected chi connectivity index (χ0v) is 29.5. The highest BCUT2D eigenvalue weighted by Gasteiger charge is 2.18. The normalized spacial score (nSPS) is 11.6. The maximum Gasteiger partial charge on any atom is 0.211 e. The van der Waals surface area contributed by atoms with Crippen LogP contribution in [0.5, 0.6) is 0 Å². The fourth-order valence-electron chi connectivity index (χ4n) is 8.68. The zero-order valence-electron chi connectivity index (χ0n) is 29.5. The fraction of sp³-hybridized carbons (Fsp3) is 0. The van der Waals surface area contributed by atoms with Crippen molar-refractivity contribution in [2.45, 2.75) is 0 Å². The standard InChI is InChI=1S/C50H29N5/c1-51-34-23-26-49-41(30-34)39-16-6-10-21-47(39)55(49)50-25-22-33(29-43(50)52-2)32-12-11-13-35(28-32)53-46-20-9-5-17-40(46)42-31-36(24-27-48(42)53)54-44-18-7-3-14-37(44)38-15-4-8-19-45(38)54/h3-31H. The van der Waals surface area contributed by atoms with Crippen molar-refractivity contribution in [3.8, 4) is 28.2 Å². The minimum Gasteiger partial charge on any atom is -0.319 e. The molecule has 0 aliphatic heterocycles. The van der Waals surface area contributed by atoms with E-state index in [1.807, 2.05) is 36.4 Å². The van der Waals surface area contributed by atoms with Crippen LogP contribution in [0.25, 0.3) is 103 Å². The topological polar surface area (TPSA) is 23.5 Å². The average molecular weight is 700 g/mol. The summed E-state index contributed by atoms with van der Waals surface area (Å²) in [5, 5.41) is 6.94. The number of hydrogen-bond acceptors (Lipinski definition) is 0. The summed E-state index contributed by atoms with van der Waals surface area (Å²) in [4.78, 5) is 7.73. The maximum absolute atomic E-state index is 8.29. The summed E-state index contributed by atoms with van der Waals surface area (Å²) < 4.78 is 6.88. The number of para-hydroxylation sites is 4. The van der Waals surface area contributed by atoms with Crippen molar-refractivity contribution in [3.63, 3.8) is 0 Å². The highest BCUT2D eigenvalue weighted by Crippen LogP contribution is 2.40. The largest absolute Gasteiger partial charge is 0.319 e. The second-order valence-electron chi connectivity index (χ2n) is 14.0. The maximum atomic E-state index is 8.29. The Balaban J connectivity index is 1.05. The quantitative estimate of drug-likeness (QED) is 0.163. The fourth-order valence-corrected chi connectivity index (χ4v) is 8.68. The molecule has 8 aromatic carbocycles. The van der Waals surface area contributed by atoms with E-state index in [-0.39, 0.29) is 0 Å². The SMILES string of the molecule is [C-]#[N+]c1ccc2c(c1)c1ccccc1n2-c1ccc(-c2cccc(-n3c4ccccc4c4cc(-n5c6ccccc6c6ccccc65)ccc43)c2)cc1[N+]#[C-]. The molecule has 0 N–H and O–H groups in total. The molecule has 0 unspecified atom stereocenters. The molecule has 3 aromatic heterocycles. The summed E-state index contributed by atoms with van der Waals surface area (Å²) in [5.74, 6) is 0. The van der Waals surface area contributed by atoms with Gasteiger partial charge < -0.3 is 13.7 Å². The lowest BCUT2D eigenvalue weighted by atomic mass is 10.0. The van der Waals surface area contributed by atoms with Crippen molar-refractivity contribution in [2.75, 3.05) is 0 Å². The van der Waals surface area contributed by atoms with Gasteiger partial charge in [0.1, 0.15) is 0 Å². The summed E-state index contributed by atoms with van der Waals surface area (Å²) in [5.41, 5.74) is 12.8. The second kappa shape index (κ2) is 11.8. The van der Waals surface area contributed by atoms with Crippen molar-refractivity contribution in [1.29, 1.82) is 0 Å². The molecule has 0 saturated carbocycles. The number of benzene rings is 8. The van der Waals surface area contributed by atoms with E-state index in [0.717, 1.165) is 61.0 Å². The summed E-state index contributed by atoms with van der Waals surface area (Å²) in [6.07, 6.45) is 0. The van der Waals surface area contributed by atoms with Gasteiger partial charge >= 0.3 is 0 Å². The molecule has 5 nitrogen and oxygen atoms in total. The Bertz CT molecular complexity index is 3420. The van der Waals surface area contributed by atoms with E-state index in [1.165, 1.54) is 32.6 Å². The Morgan fingerprint density at radius 2 is 0.818 bits per heavy atom. The molecule has 3 heterocycles. The first-order valence-corrected chi connectivity index (χ1v) is 18.3. The highest BCUT2D eigenvalue weighted by molar-refractivity contribution is 6.13. The van der Waals surface area contributed by atoms with Gasteiger partial charge in [0, 0.05) is 38.3 Å². The van der Waals surface area contributed by atoms with Gasteiger partial charge in [-0.05, 0) is 95.4 Å². The van der Waals surface area contributed by atoms with Crippen LogP contribution in [0.2, 0.25) is 0 Å². The first-order valence-electron chi connectivity index (χ1n) is 18.3. The Kier molecular flexibility index (Phi) is 6.61. The van der Waals surface area contributed by atoms with Gasteiger partial charge in [-0.3, -0.25) is 0 Å². The molecular formula is C50H29N5. The van der Waals surface area contributed by atoms with Crippen molar-refractivity contribution in [3.05, 3.63) is 199 Å². The zero-order chi connectivity index (χ0) is 36.6. The molecule has 0 bridgehead atoms. The molecule has 0 aliphatic carbocycles. The van der Waals surface area contributed by atoms with Crippen LogP contribution in [-0.2, 0) is 0 Å². The first kappa shape index (κ1) is 30.7. The minimum atomic E-state index is 0.564. The summed E-state index contributed by atoms with van der Waals surface area (Å²) >= 11 is 0. The van der Waals surface area contributed by atoms with Crippen molar-refractivity contribution in [1.82, 2.24) is 13.7 Å². The molecule has 0 saturated heterocycles. The van der Waals surface area contributed by atoms with Crippen LogP contribution in [0, 0.1) is 13.1 Å². The smallest absolute Gasteiger partial charge is 0.211 e. The lowest BCUT2D eigenvalue weighted by Crippen LogP contribution is -1.96. The van der Waals surface area contributed by atoms with E-state index >= 15 is 0 Å². The molecule has 254 valence electrons. The summed E-state index contributed by atoms with van der Waals surface area (Å²) in [7, 11) is 0. The number of aromatic nitrogens is 3. The molecule has 11 rings (SSSR count). The molecule has 0 amide bonds. The van der Waals surface area contributed by atoms with Gasteiger partial charge in [0.2, 0.25) is 5.69 Å². The first-order chi connectivity index (χ1) is 27.2. The van der Waals surface area contributed by atoms with E-state index in [0.29, 0.717) is 11.4 Å². The molecule has 5 heteroatoms. The Hall–Kier alpha value is -7.86. The molecule has 0 spiro atoms. The summed E-state index contributed by atoms with van der Waals surface area (Å²) in [6, 6.07) is 61.5. The van der Waals surface area contributed by atoms with E-state index in [4.69, 9.17) is 13.1 Å². The second-order valence-corrected chi connectivity index (χ2v) is 14.0. The monoisotopic (exact) mass is 699 g/mol. The van der Waals surface area contributed by atoms with Crippen LogP contribution >= 0.6 is 0 Å². The van der Waals surface area contributed by atoms with E-state index in [1.54, 1.807) is 0 Å². The van der Waals surface area contributed by atoms with Gasteiger partial charge in [-0.25, -0.2) is 9.69 Å². The van der Waals surface area contributed by atoms with Crippen LogP contribution < -0.4 is 0 Å². The number of hydrogen-bond donors (Lipinski definition) is 0. The van der Waals surface area contributed by atoms with Crippen LogP contribution in [-0.4, -0.2) is 13.7 Å². The third-order valence-electron chi connectivity index (χ3n) is 11.1. The van der Waals surface area contributed by atoms with Crippen molar-refractivity contribution < 1.29 is 0 Å². The summed E-state index contributed by atoms with van der Waals surface area (Å²) in [6.45, 7) is 15.9. The van der Waals surface area contributed by atoms with Gasteiger partial charge in [0.05, 0.1) is 51.9 Å². The number of nitrogens with zero attached hydrogens (tertiary/aromatic N) is 5.